The summed E-state index contributed by atoms with van der Waals surface area (Å²) in [4.78, 5) is 60.7. The summed E-state index contributed by atoms with van der Waals surface area (Å²) in [6.07, 6.45) is -1.13. The number of piperazine rings is 2. The minimum atomic E-state index is -1.28. The normalized spacial score (nSPS) is 32.1. The second kappa shape index (κ2) is 10.9. The molecule has 6 heterocycles. The molecule has 4 amide bonds. The Hall–Kier alpha value is -5.78. The van der Waals surface area contributed by atoms with Gasteiger partial charge in [-0.3, -0.25) is 19.2 Å². The molecule has 4 N–H and O–H groups in total. The summed E-state index contributed by atoms with van der Waals surface area (Å²) in [7, 11) is 0. The number of halogens is 2. The fourth-order valence-electron chi connectivity index (χ4n) is 10.4. The smallest absolute Gasteiger partial charge is 0.247 e. The van der Waals surface area contributed by atoms with Crippen molar-refractivity contribution in [2.75, 3.05) is 10.6 Å². The van der Waals surface area contributed by atoms with Crippen LogP contribution in [0.2, 0.25) is 0 Å². The van der Waals surface area contributed by atoms with Crippen LogP contribution < -0.4 is 21.3 Å². The van der Waals surface area contributed by atoms with Gasteiger partial charge in [-0.05, 0) is 71.5 Å². The minimum Gasteiger partial charge on any atom is -0.364 e. The summed E-state index contributed by atoms with van der Waals surface area (Å²) < 4.78 is 31.0. The predicted octanol–water partition coefficient (Wildman–Crippen LogP) is 3.33. The fourth-order valence-corrected chi connectivity index (χ4v) is 10.4. The number of anilines is 2. The van der Waals surface area contributed by atoms with Crippen molar-refractivity contribution in [3.05, 3.63) is 131 Å². The Bertz CT molecular complexity index is 2050. The summed E-state index contributed by atoms with van der Waals surface area (Å²) in [5.41, 5.74) is 1.36. The first-order chi connectivity index (χ1) is 25.2. The molecule has 4 fully saturated rings. The van der Waals surface area contributed by atoms with E-state index in [2.05, 4.69) is 21.3 Å². The van der Waals surface area contributed by atoms with Crippen LogP contribution in [0.1, 0.15) is 35.1 Å². The molecule has 8 atom stereocenters. The van der Waals surface area contributed by atoms with Gasteiger partial charge in [-0.1, -0.05) is 60.7 Å². The fraction of sp³-hybridized carbons (Fsp3) is 0.300. The topological polar surface area (TPSA) is 123 Å². The molecule has 12 heteroatoms. The highest BCUT2D eigenvalue weighted by atomic mass is 19.1. The molecule has 262 valence electrons. The largest absolute Gasteiger partial charge is 0.364 e. The Morgan fingerprint density at radius 1 is 0.558 bits per heavy atom. The van der Waals surface area contributed by atoms with Crippen molar-refractivity contribution >= 4 is 35.0 Å². The van der Waals surface area contributed by atoms with Gasteiger partial charge in [-0.15, -0.1) is 0 Å². The lowest BCUT2D eigenvalue weighted by Gasteiger charge is -2.48. The Kier molecular flexibility index (Phi) is 6.48. The molecule has 4 aromatic rings. The van der Waals surface area contributed by atoms with Crippen LogP contribution in [0.25, 0.3) is 0 Å². The number of rotatable bonds is 5. The van der Waals surface area contributed by atoms with Crippen LogP contribution >= 0.6 is 0 Å². The van der Waals surface area contributed by atoms with Gasteiger partial charge in [-0.2, -0.15) is 0 Å². The lowest BCUT2D eigenvalue weighted by Crippen LogP contribution is -2.67. The molecular formula is C40H34F2N6O4. The molecule has 0 bridgehead atoms. The maximum Gasteiger partial charge on any atom is 0.247 e. The van der Waals surface area contributed by atoms with Crippen LogP contribution in [0.5, 0.6) is 0 Å². The van der Waals surface area contributed by atoms with Crippen LogP contribution in [-0.2, 0) is 42.8 Å². The number of hydrogen-bond donors (Lipinski definition) is 4. The highest BCUT2D eigenvalue weighted by molar-refractivity contribution is 6.01. The number of carbonyl (C=O) groups excluding carboxylic acids is 4. The predicted molar refractivity (Wildman–Crippen MR) is 186 cm³/mol. The Morgan fingerprint density at radius 3 is 1.37 bits per heavy atom. The van der Waals surface area contributed by atoms with E-state index in [9.17, 15) is 19.2 Å². The van der Waals surface area contributed by atoms with Crippen molar-refractivity contribution in [3.63, 3.8) is 0 Å². The van der Waals surface area contributed by atoms with E-state index in [1.54, 1.807) is 21.9 Å². The molecule has 0 saturated carbocycles. The van der Waals surface area contributed by atoms with E-state index in [1.165, 1.54) is 24.3 Å². The molecular weight excluding hydrogens is 666 g/mol. The Morgan fingerprint density at radius 2 is 0.962 bits per heavy atom. The third-order valence-electron chi connectivity index (χ3n) is 12.4. The van der Waals surface area contributed by atoms with Crippen molar-refractivity contribution in [1.29, 1.82) is 0 Å². The number of nitrogens with one attached hydrogen (secondary N) is 4. The van der Waals surface area contributed by atoms with E-state index in [-0.39, 0.29) is 49.3 Å². The quantitative estimate of drug-likeness (QED) is 0.254. The van der Waals surface area contributed by atoms with Gasteiger partial charge < -0.3 is 31.1 Å². The monoisotopic (exact) mass is 700 g/mol. The summed E-state index contributed by atoms with van der Waals surface area (Å²) >= 11 is 0. The Labute approximate surface area is 297 Å². The van der Waals surface area contributed by atoms with Crippen LogP contribution in [0.15, 0.2) is 97.1 Å². The standard InChI is InChI=1S/C40H34F2N6O4/c41-23-11-13-27-25(17-23)39(19-31-33(49)43-29(15-21-7-3-1-4-8-21)35(51)47(31)37(39)45-27)40-20-32-34(50)44-30(16-22-9-5-2-6-10-22)36(52)48(32)38(40)46-28-14-12-24(42)18-26(28)40/h1-14,17-18,29-32,37-38,45-46H,15-16,19-20H2,(H,43,49)(H,44,50). The van der Waals surface area contributed by atoms with Crippen LogP contribution in [-0.4, -0.2) is 69.9 Å². The zero-order chi connectivity index (χ0) is 35.5. The molecule has 8 unspecified atom stereocenters. The molecule has 4 aromatic carbocycles. The van der Waals surface area contributed by atoms with Crippen LogP contribution in [0.4, 0.5) is 20.2 Å². The average Bonchev–Trinajstić information content (AvgIpc) is 3.85. The van der Waals surface area contributed by atoms with Gasteiger partial charge in [0.2, 0.25) is 23.6 Å². The number of benzene rings is 4. The first kappa shape index (κ1) is 31.0. The second-order valence-electron chi connectivity index (χ2n) is 14.8. The van der Waals surface area contributed by atoms with Crippen molar-refractivity contribution in [2.45, 2.75) is 73.0 Å². The van der Waals surface area contributed by atoms with E-state index in [0.29, 0.717) is 22.5 Å². The highest BCUT2D eigenvalue weighted by Crippen LogP contribution is 2.69. The van der Waals surface area contributed by atoms with E-state index in [4.69, 9.17) is 0 Å². The van der Waals surface area contributed by atoms with E-state index < -0.39 is 59.0 Å². The third-order valence-corrected chi connectivity index (χ3v) is 12.4. The first-order valence-electron chi connectivity index (χ1n) is 17.7. The zero-order valence-electron chi connectivity index (χ0n) is 27.8. The van der Waals surface area contributed by atoms with E-state index >= 15 is 8.78 Å². The number of hydrogen-bond acceptors (Lipinski definition) is 6. The van der Waals surface area contributed by atoms with Crippen molar-refractivity contribution in [2.24, 2.45) is 0 Å². The van der Waals surface area contributed by atoms with Crippen molar-refractivity contribution in [1.82, 2.24) is 20.4 Å². The minimum absolute atomic E-state index is 0.0503. The van der Waals surface area contributed by atoms with Gasteiger partial charge in [0.05, 0.1) is 10.8 Å². The van der Waals surface area contributed by atoms with Crippen molar-refractivity contribution < 1.29 is 28.0 Å². The number of fused-ring (bicyclic) bond motifs is 11. The lowest BCUT2D eigenvalue weighted by molar-refractivity contribution is -0.149. The molecule has 0 spiro atoms. The van der Waals surface area contributed by atoms with Gasteiger partial charge in [0.15, 0.2) is 0 Å². The maximum atomic E-state index is 15.5. The Balaban J connectivity index is 1.15. The van der Waals surface area contributed by atoms with E-state index in [0.717, 1.165) is 11.1 Å². The molecule has 10 rings (SSSR count). The molecule has 10 nitrogen and oxygen atoms in total. The summed E-state index contributed by atoms with van der Waals surface area (Å²) in [6, 6.07) is 24.0. The summed E-state index contributed by atoms with van der Waals surface area (Å²) in [6.45, 7) is 0. The second-order valence-corrected chi connectivity index (χ2v) is 14.8. The van der Waals surface area contributed by atoms with E-state index in [1.807, 2.05) is 60.7 Å². The number of amides is 4. The molecule has 6 aliphatic rings. The van der Waals surface area contributed by atoms with Gasteiger partial charge in [0.1, 0.15) is 48.1 Å². The SMILES string of the molecule is O=C1NC(Cc2ccccc2)C(=O)N2C1CC1(C34CC5C(=O)NC(Cc6ccccc6)C(=O)N5C3Nc3ccc(F)cc34)c3cc(F)ccc3NC21. The van der Waals surface area contributed by atoms with Crippen LogP contribution in [0.3, 0.4) is 0 Å². The van der Waals surface area contributed by atoms with Gasteiger partial charge >= 0.3 is 0 Å². The highest BCUT2D eigenvalue weighted by Gasteiger charge is 2.78. The molecule has 0 aromatic heterocycles. The molecule has 52 heavy (non-hydrogen) atoms. The molecule has 0 aliphatic carbocycles. The van der Waals surface area contributed by atoms with Crippen molar-refractivity contribution in [3.8, 4) is 0 Å². The average molecular weight is 701 g/mol. The summed E-state index contributed by atoms with van der Waals surface area (Å²) in [5.74, 6) is -2.33. The first-order valence-corrected chi connectivity index (χ1v) is 17.7. The lowest BCUT2D eigenvalue weighted by atomic mass is 9.54. The summed E-state index contributed by atoms with van der Waals surface area (Å²) in [5, 5.41) is 12.9. The van der Waals surface area contributed by atoms with Gasteiger partial charge in [-0.25, -0.2) is 8.78 Å². The molecule has 0 radical (unpaired) electrons. The number of carbonyl (C=O) groups is 4. The third kappa shape index (κ3) is 4.03. The van der Waals surface area contributed by atoms with Gasteiger partial charge in [0, 0.05) is 24.2 Å². The molecule has 6 aliphatic heterocycles. The zero-order valence-corrected chi connectivity index (χ0v) is 27.8. The maximum absolute atomic E-state index is 15.5. The van der Waals surface area contributed by atoms with Gasteiger partial charge in [0.25, 0.3) is 0 Å². The van der Waals surface area contributed by atoms with Crippen LogP contribution in [0, 0.1) is 11.6 Å². The number of nitrogens with zero attached hydrogens (tertiary/aromatic N) is 2. The molecule has 4 saturated heterocycles.